The van der Waals surface area contributed by atoms with E-state index < -0.39 is 106 Å². The summed E-state index contributed by atoms with van der Waals surface area (Å²) in [6, 6.07) is 10.2. The molecule has 20 nitrogen and oxygen atoms in total. The van der Waals surface area contributed by atoms with E-state index in [1.807, 2.05) is 0 Å². The molecule has 272 valence electrons. The van der Waals surface area contributed by atoms with Gasteiger partial charge in [-0.1, -0.05) is 6.58 Å². The number of benzene rings is 4. The van der Waals surface area contributed by atoms with Crippen molar-refractivity contribution in [2.45, 2.75) is 19.6 Å². The molecule has 0 unspecified atom stereocenters. The Morgan fingerprint density at radius 3 is 1.59 bits per heavy atom. The highest BCUT2D eigenvalue weighted by Gasteiger charge is 2.28. The van der Waals surface area contributed by atoms with Crippen LogP contribution < -0.4 is 5.73 Å². The van der Waals surface area contributed by atoms with Crippen LogP contribution in [0.4, 0.5) is 28.4 Å². The van der Waals surface area contributed by atoms with Crippen molar-refractivity contribution in [3.8, 4) is 5.75 Å². The predicted octanol–water partition coefficient (Wildman–Crippen LogP) is 3.96. The summed E-state index contributed by atoms with van der Waals surface area (Å²) in [6.45, 7) is 2.32. The fourth-order valence-corrected chi connectivity index (χ4v) is 7.73. The van der Waals surface area contributed by atoms with Crippen molar-refractivity contribution in [3.63, 3.8) is 0 Å². The Balaban J connectivity index is 1.82. The van der Waals surface area contributed by atoms with Crippen LogP contribution in [0.5, 0.6) is 5.75 Å². The van der Waals surface area contributed by atoms with Crippen LogP contribution in [0.25, 0.3) is 10.8 Å². The highest BCUT2D eigenvalue weighted by atomic mass is 32.3. The van der Waals surface area contributed by atoms with E-state index in [0.717, 1.165) is 36.4 Å². The van der Waals surface area contributed by atoms with Crippen LogP contribution in [0.1, 0.15) is 0 Å². The molecule has 6 N–H and O–H groups in total. The van der Waals surface area contributed by atoms with E-state index in [0.29, 0.717) is 17.5 Å². The smallest absolute Gasteiger partial charge is 0.397 e. The van der Waals surface area contributed by atoms with E-state index in [1.165, 1.54) is 12.1 Å². The van der Waals surface area contributed by atoms with Gasteiger partial charge < -0.3 is 10.8 Å². The molecular weight excluding hydrogens is 783 g/mol. The zero-order valence-corrected chi connectivity index (χ0v) is 29.2. The van der Waals surface area contributed by atoms with Gasteiger partial charge in [0.25, 0.3) is 20.2 Å². The molecule has 0 saturated carbocycles. The molecule has 0 aliphatic heterocycles. The predicted molar refractivity (Wildman–Crippen MR) is 178 cm³/mol. The summed E-state index contributed by atoms with van der Waals surface area (Å²) < 4.78 is 152. The molecule has 0 amide bonds. The number of nitrogen functional groups attached to an aromatic ring is 1. The van der Waals surface area contributed by atoms with Crippen molar-refractivity contribution in [2.75, 3.05) is 18.1 Å². The first-order chi connectivity index (χ1) is 23.4. The number of azo groups is 2. The molecular formula is C26H23N5O15S5. The third kappa shape index (κ3) is 9.15. The minimum absolute atomic E-state index is 0.0479. The summed E-state index contributed by atoms with van der Waals surface area (Å²) >= 11 is 0. The molecule has 0 aliphatic carbocycles. The monoisotopic (exact) mass is 805 g/mol. The van der Waals surface area contributed by atoms with Gasteiger partial charge >= 0.3 is 10.4 Å². The number of nitrogens with zero attached hydrogens (tertiary/aromatic N) is 4. The normalized spacial score (nSPS) is 13.3. The number of sulfone groups is 2. The van der Waals surface area contributed by atoms with Gasteiger partial charge in [-0.05, 0) is 66.0 Å². The summed E-state index contributed by atoms with van der Waals surface area (Å²) in [4.78, 5) is -2.59. The molecule has 0 fully saturated rings. The van der Waals surface area contributed by atoms with Gasteiger partial charge in [-0.15, -0.1) is 10.2 Å². The van der Waals surface area contributed by atoms with E-state index in [4.69, 9.17) is 10.3 Å². The van der Waals surface area contributed by atoms with Crippen molar-refractivity contribution in [1.82, 2.24) is 0 Å². The van der Waals surface area contributed by atoms with Gasteiger partial charge in [0.1, 0.15) is 21.2 Å². The molecule has 0 radical (unpaired) electrons. The molecule has 4 aromatic carbocycles. The van der Waals surface area contributed by atoms with Crippen LogP contribution in [-0.4, -0.2) is 73.2 Å². The van der Waals surface area contributed by atoms with E-state index in [9.17, 15) is 56.3 Å². The van der Waals surface area contributed by atoms with Gasteiger partial charge in [-0.3, -0.25) is 13.7 Å². The highest BCUT2D eigenvalue weighted by Crippen LogP contribution is 2.48. The first kappa shape index (κ1) is 39.1. The fourth-order valence-electron chi connectivity index (χ4n) is 4.21. The van der Waals surface area contributed by atoms with E-state index in [-0.39, 0.29) is 21.2 Å². The lowest BCUT2D eigenvalue weighted by molar-refractivity contribution is 0.284. The molecule has 0 aliphatic rings. The Bertz CT molecular complexity index is 2680. The van der Waals surface area contributed by atoms with Gasteiger partial charge in [0, 0.05) is 5.41 Å². The van der Waals surface area contributed by atoms with E-state index in [1.54, 1.807) is 0 Å². The topological polar surface area (TPSA) is 336 Å². The molecule has 0 heterocycles. The van der Waals surface area contributed by atoms with Crippen LogP contribution >= 0.6 is 0 Å². The second-order valence-corrected chi connectivity index (χ2v) is 17.8. The van der Waals surface area contributed by atoms with Crippen LogP contribution in [0.2, 0.25) is 0 Å². The minimum atomic E-state index is -5.21. The van der Waals surface area contributed by atoms with Gasteiger partial charge in [-0.2, -0.15) is 35.5 Å². The van der Waals surface area contributed by atoms with Gasteiger partial charge in [0.05, 0.1) is 44.6 Å². The van der Waals surface area contributed by atoms with Crippen molar-refractivity contribution in [2.24, 2.45) is 20.5 Å². The van der Waals surface area contributed by atoms with Crippen LogP contribution in [0.15, 0.2) is 113 Å². The van der Waals surface area contributed by atoms with Gasteiger partial charge in [0.15, 0.2) is 25.4 Å². The Labute approximate surface area is 289 Å². The molecule has 0 atom stereocenters. The Kier molecular flexibility index (Phi) is 10.8. The molecule has 0 bridgehead atoms. The molecule has 0 aromatic heterocycles. The number of nitrogens with two attached hydrogens (primary N) is 1. The largest absolute Gasteiger partial charge is 0.505 e. The van der Waals surface area contributed by atoms with Crippen molar-refractivity contribution in [3.05, 3.63) is 72.7 Å². The molecule has 25 heteroatoms. The summed E-state index contributed by atoms with van der Waals surface area (Å²) in [7, 11) is -23.2. The first-order valence-corrected chi connectivity index (χ1v) is 20.7. The maximum atomic E-state index is 12.4. The number of hydrogen-bond donors (Lipinski definition) is 5. The number of aromatic hydroxyl groups is 1. The molecule has 51 heavy (non-hydrogen) atoms. The standard InChI is InChI=1S/C26H23N5O15S5/c1-2-47(33,34)18-7-3-17(4-8-18)29-31-25-21(50(40,41)42)14-15-13-20(49(37,38)39)24(23(27)22(15)26(25)32)30-28-16-5-9-19(10-6-16)48(35,36)12-11-46-51(43,44)45/h2-10,13-14,32H,1,11-12,27H2,(H,37,38,39)(H,40,41,42)(H,43,44,45). The van der Waals surface area contributed by atoms with Crippen molar-refractivity contribution in [1.29, 1.82) is 0 Å². The quantitative estimate of drug-likeness (QED) is 0.0725. The Morgan fingerprint density at radius 1 is 0.686 bits per heavy atom. The number of fused-ring (bicyclic) bond motifs is 1. The van der Waals surface area contributed by atoms with Gasteiger partial charge in [0.2, 0.25) is 0 Å². The number of hydrogen-bond acceptors (Lipinski definition) is 17. The third-order valence-electron chi connectivity index (χ3n) is 6.57. The maximum Gasteiger partial charge on any atom is 0.397 e. The van der Waals surface area contributed by atoms with Crippen LogP contribution in [0, 0.1) is 0 Å². The van der Waals surface area contributed by atoms with E-state index >= 15 is 0 Å². The molecule has 0 saturated heterocycles. The third-order valence-corrected chi connectivity index (χ3v) is 11.8. The zero-order chi connectivity index (χ0) is 38.2. The fraction of sp³-hybridized carbons (Fsp3) is 0.0769. The van der Waals surface area contributed by atoms with E-state index in [2.05, 4.69) is 31.2 Å². The summed E-state index contributed by atoms with van der Waals surface area (Å²) in [6.07, 6.45) is 0. The lowest BCUT2D eigenvalue weighted by Gasteiger charge is -2.14. The summed E-state index contributed by atoms with van der Waals surface area (Å²) in [5.74, 6) is -1.89. The second-order valence-electron chi connectivity index (χ2n) is 9.93. The molecule has 4 rings (SSSR count). The van der Waals surface area contributed by atoms with Crippen molar-refractivity contribution >= 4 is 89.5 Å². The summed E-state index contributed by atoms with van der Waals surface area (Å²) in [5, 5.41) is 25.9. The van der Waals surface area contributed by atoms with Crippen LogP contribution in [0.3, 0.4) is 0 Å². The maximum absolute atomic E-state index is 12.4. The Hall–Kier alpha value is -4.73. The zero-order valence-electron chi connectivity index (χ0n) is 25.2. The number of phenols is 1. The second kappa shape index (κ2) is 14.1. The van der Waals surface area contributed by atoms with Crippen molar-refractivity contribution < 1.29 is 65.0 Å². The van der Waals surface area contributed by atoms with Gasteiger partial charge in [-0.25, -0.2) is 21.0 Å². The molecule has 0 spiro atoms. The lowest BCUT2D eigenvalue weighted by Crippen LogP contribution is -2.15. The lowest BCUT2D eigenvalue weighted by atomic mass is 10.1. The first-order valence-electron chi connectivity index (χ1n) is 13.3. The average molecular weight is 806 g/mol. The number of rotatable bonds is 13. The summed E-state index contributed by atoms with van der Waals surface area (Å²) in [5.41, 5.74) is 3.63. The minimum Gasteiger partial charge on any atom is -0.505 e. The number of phenolic OH excluding ortho intramolecular Hbond substituents is 1. The highest BCUT2D eigenvalue weighted by molar-refractivity contribution is 7.94. The average Bonchev–Trinajstić information content (AvgIpc) is 3.02. The molecule has 4 aromatic rings. The Morgan fingerprint density at radius 2 is 1.14 bits per heavy atom. The number of anilines is 1. The van der Waals surface area contributed by atoms with Crippen LogP contribution in [-0.2, 0) is 54.5 Å². The SMILES string of the molecule is C=CS(=O)(=O)c1ccc(N=Nc2c(S(=O)(=O)O)cc3cc(S(=O)(=O)O)c(N=Nc4ccc(S(=O)(=O)CCOS(=O)(=O)O)cc4)c(N)c3c2O)cc1.